The summed E-state index contributed by atoms with van der Waals surface area (Å²) in [6.45, 7) is 2.49. The molecule has 0 fully saturated rings. The van der Waals surface area contributed by atoms with E-state index in [9.17, 15) is 4.79 Å². The monoisotopic (exact) mass is 292 g/mol. The van der Waals surface area contributed by atoms with E-state index in [4.69, 9.17) is 9.15 Å². The molecule has 0 atom stereocenters. The van der Waals surface area contributed by atoms with Crippen LogP contribution in [-0.2, 0) is 0 Å². The third-order valence-corrected chi connectivity index (χ3v) is 3.27. The topological polar surface area (TPSA) is 39.4 Å². The molecular formula is C19H16O3. The number of hydrogen-bond acceptors (Lipinski definition) is 3. The van der Waals surface area contributed by atoms with Gasteiger partial charge in [0.1, 0.15) is 17.1 Å². The van der Waals surface area contributed by atoms with Crippen LogP contribution in [0, 0.1) is 0 Å². The molecule has 3 aromatic rings. The van der Waals surface area contributed by atoms with Crippen LogP contribution in [0.15, 0.2) is 65.1 Å². The number of carbonyl (C=O) groups is 1. The van der Waals surface area contributed by atoms with Crippen molar-refractivity contribution in [3.63, 3.8) is 0 Å². The first-order valence-electron chi connectivity index (χ1n) is 7.20. The van der Waals surface area contributed by atoms with Gasteiger partial charge in [0, 0.05) is 10.9 Å². The Morgan fingerprint density at radius 2 is 2.00 bits per heavy atom. The average molecular weight is 292 g/mol. The van der Waals surface area contributed by atoms with Gasteiger partial charge in [0.05, 0.1) is 6.61 Å². The van der Waals surface area contributed by atoms with Gasteiger partial charge in [-0.15, -0.1) is 0 Å². The van der Waals surface area contributed by atoms with Crippen molar-refractivity contribution in [2.24, 2.45) is 0 Å². The third-order valence-electron chi connectivity index (χ3n) is 3.27. The molecule has 0 aliphatic carbocycles. The molecule has 0 saturated heterocycles. The highest BCUT2D eigenvalue weighted by Crippen LogP contribution is 2.20. The van der Waals surface area contributed by atoms with E-state index in [2.05, 4.69) is 0 Å². The maximum Gasteiger partial charge on any atom is 0.186 e. The number of allylic oxidation sites excluding steroid dienone is 1. The Morgan fingerprint density at radius 1 is 1.14 bits per heavy atom. The minimum atomic E-state index is -0.0815. The number of ketones is 1. The van der Waals surface area contributed by atoms with Crippen molar-refractivity contribution in [3.8, 4) is 5.75 Å². The highest BCUT2D eigenvalue weighted by Gasteiger charge is 2.05. The minimum absolute atomic E-state index is 0.0815. The van der Waals surface area contributed by atoms with Crippen LogP contribution in [0.25, 0.3) is 17.0 Å². The van der Waals surface area contributed by atoms with Gasteiger partial charge in [-0.3, -0.25) is 4.79 Å². The maximum atomic E-state index is 12.2. The van der Waals surface area contributed by atoms with Crippen LogP contribution in [0.5, 0.6) is 5.75 Å². The summed E-state index contributed by atoms with van der Waals surface area (Å²) in [5.41, 5.74) is 1.41. The summed E-state index contributed by atoms with van der Waals surface area (Å²) in [4.78, 5) is 12.2. The van der Waals surface area contributed by atoms with Crippen LogP contribution in [0.3, 0.4) is 0 Å². The summed E-state index contributed by atoms with van der Waals surface area (Å²) in [5, 5.41) is 1.02. The van der Waals surface area contributed by atoms with Crippen molar-refractivity contribution in [3.05, 3.63) is 72.0 Å². The van der Waals surface area contributed by atoms with E-state index in [1.165, 1.54) is 6.08 Å². The number of benzene rings is 2. The number of hydrogen-bond donors (Lipinski definition) is 0. The molecule has 3 nitrogen and oxygen atoms in total. The molecule has 2 aromatic carbocycles. The van der Waals surface area contributed by atoms with Gasteiger partial charge >= 0.3 is 0 Å². The minimum Gasteiger partial charge on any atom is -0.494 e. The fraction of sp³-hybridized carbons (Fsp3) is 0.105. The summed E-state index contributed by atoms with van der Waals surface area (Å²) >= 11 is 0. The Balaban J connectivity index is 1.79. The molecule has 0 amide bonds. The molecule has 1 heterocycles. The van der Waals surface area contributed by atoms with Crippen LogP contribution >= 0.6 is 0 Å². The number of furan rings is 1. The fourth-order valence-electron chi connectivity index (χ4n) is 2.24. The number of rotatable bonds is 5. The van der Waals surface area contributed by atoms with E-state index in [-0.39, 0.29) is 5.78 Å². The molecule has 0 aliphatic rings. The molecule has 0 radical (unpaired) electrons. The lowest BCUT2D eigenvalue weighted by atomic mass is 10.1. The van der Waals surface area contributed by atoms with Crippen molar-refractivity contribution in [1.82, 2.24) is 0 Å². The van der Waals surface area contributed by atoms with Gasteiger partial charge < -0.3 is 9.15 Å². The Bertz CT molecular complexity index is 794. The summed E-state index contributed by atoms with van der Waals surface area (Å²) in [7, 11) is 0. The molecule has 0 unspecified atom stereocenters. The Kier molecular flexibility index (Phi) is 4.05. The van der Waals surface area contributed by atoms with E-state index in [0.29, 0.717) is 23.7 Å². The number of ether oxygens (including phenoxy) is 1. The van der Waals surface area contributed by atoms with Gasteiger partial charge in [0.25, 0.3) is 0 Å². The maximum absolute atomic E-state index is 12.2. The molecule has 22 heavy (non-hydrogen) atoms. The second-order valence-electron chi connectivity index (χ2n) is 4.85. The van der Waals surface area contributed by atoms with Crippen molar-refractivity contribution >= 4 is 22.8 Å². The second kappa shape index (κ2) is 6.31. The molecule has 3 rings (SSSR count). The summed E-state index contributed by atoms with van der Waals surface area (Å²) in [6.07, 6.45) is 3.21. The van der Waals surface area contributed by atoms with Gasteiger partial charge in [0.15, 0.2) is 5.78 Å². The van der Waals surface area contributed by atoms with Crippen molar-refractivity contribution in [1.29, 1.82) is 0 Å². The first-order chi connectivity index (χ1) is 10.8. The van der Waals surface area contributed by atoms with Crippen LogP contribution in [-0.4, -0.2) is 12.4 Å². The highest BCUT2D eigenvalue weighted by molar-refractivity contribution is 6.07. The summed E-state index contributed by atoms with van der Waals surface area (Å²) in [5.74, 6) is 1.28. The van der Waals surface area contributed by atoms with Crippen LogP contribution in [0.2, 0.25) is 0 Å². The van der Waals surface area contributed by atoms with Crippen molar-refractivity contribution < 1.29 is 13.9 Å². The smallest absolute Gasteiger partial charge is 0.186 e. The molecule has 0 N–H and O–H groups in total. The fourth-order valence-corrected chi connectivity index (χ4v) is 2.24. The summed E-state index contributed by atoms with van der Waals surface area (Å²) in [6, 6.07) is 16.8. The summed E-state index contributed by atoms with van der Waals surface area (Å²) < 4.78 is 11.1. The Hall–Kier alpha value is -2.81. The molecular weight excluding hydrogens is 276 g/mol. The van der Waals surface area contributed by atoms with Gasteiger partial charge in [-0.1, -0.05) is 30.3 Å². The number of carbonyl (C=O) groups excluding carboxylic acids is 1. The lowest BCUT2D eigenvalue weighted by Crippen LogP contribution is -1.96. The SMILES string of the molecule is CCOc1cccc(C(=O)/C=C/c2cc3ccccc3o2)c1. The van der Waals surface area contributed by atoms with Crippen molar-refractivity contribution in [2.45, 2.75) is 6.92 Å². The van der Waals surface area contributed by atoms with E-state index >= 15 is 0 Å². The average Bonchev–Trinajstić information content (AvgIpc) is 2.96. The van der Waals surface area contributed by atoms with E-state index in [1.807, 2.05) is 49.4 Å². The number of para-hydroxylation sites is 1. The van der Waals surface area contributed by atoms with E-state index in [0.717, 1.165) is 11.0 Å². The molecule has 0 spiro atoms. The van der Waals surface area contributed by atoms with Crippen LogP contribution in [0.1, 0.15) is 23.0 Å². The molecule has 0 aliphatic heterocycles. The van der Waals surface area contributed by atoms with Crippen molar-refractivity contribution in [2.75, 3.05) is 6.61 Å². The lowest BCUT2D eigenvalue weighted by molar-refractivity contribution is 0.104. The number of fused-ring (bicyclic) bond motifs is 1. The highest BCUT2D eigenvalue weighted by atomic mass is 16.5. The standard InChI is InChI=1S/C19H16O3/c1-2-21-16-8-5-7-14(12-16)18(20)11-10-17-13-15-6-3-4-9-19(15)22-17/h3-13H,2H2,1H3/b11-10+. The second-order valence-corrected chi connectivity index (χ2v) is 4.85. The molecule has 110 valence electrons. The zero-order chi connectivity index (χ0) is 15.4. The van der Waals surface area contributed by atoms with E-state index in [1.54, 1.807) is 18.2 Å². The zero-order valence-electron chi connectivity index (χ0n) is 12.3. The van der Waals surface area contributed by atoms with E-state index < -0.39 is 0 Å². The molecule has 1 aromatic heterocycles. The quantitative estimate of drug-likeness (QED) is 0.504. The van der Waals surface area contributed by atoms with Gasteiger partial charge in [-0.05, 0) is 43.3 Å². The molecule has 0 bridgehead atoms. The molecule has 0 saturated carbocycles. The Morgan fingerprint density at radius 3 is 2.82 bits per heavy atom. The largest absolute Gasteiger partial charge is 0.494 e. The predicted molar refractivity (Wildman–Crippen MR) is 87.2 cm³/mol. The predicted octanol–water partition coefficient (Wildman–Crippen LogP) is 4.73. The third kappa shape index (κ3) is 3.09. The first kappa shape index (κ1) is 14.1. The first-order valence-corrected chi connectivity index (χ1v) is 7.20. The Labute approximate surface area is 128 Å². The van der Waals surface area contributed by atoms with Gasteiger partial charge in [-0.25, -0.2) is 0 Å². The normalized spacial score (nSPS) is 11.1. The van der Waals surface area contributed by atoms with Gasteiger partial charge in [-0.2, -0.15) is 0 Å². The van der Waals surface area contributed by atoms with Gasteiger partial charge in [0.2, 0.25) is 0 Å². The van der Waals surface area contributed by atoms with Crippen LogP contribution < -0.4 is 4.74 Å². The molecule has 3 heteroatoms. The zero-order valence-corrected chi connectivity index (χ0v) is 12.3. The van der Waals surface area contributed by atoms with Crippen LogP contribution in [0.4, 0.5) is 0 Å². The lowest BCUT2D eigenvalue weighted by Gasteiger charge is -2.03.